The number of ether oxygens (including phenoxy) is 4. The van der Waals surface area contributed by atoms with Crippen molar-refractivity contribution < 1.29 is 37.7 Å². The van der Waals surface area contributed by atoms with Crippen LogP contribution in [0.4, 0.5) is 0 Å². The zero-order valence-corrected chi connectivity index (χ0v) is 23.9. The lowest BCUT2D eigenvalue weighted by molar-refractivity contribution is -0.0917. The quantitative estimate of drug-likeness (QED) is 0.219. The van der Waals surface area contributed by atoms with Gasteiger partial charge in [0, 0.05) is 0 Å². The van der Waals surface area contributed by atoms with E-state index in [2.05, 4.69) is 0 Å². The Morgan fingerprint density at radius 2 is 1.18 bits per heavy atom. The summed E-state index contributed by atoms with van der Waals surface area (Å²) in [7, 11) is -3.94. The Balaban J connectivity index is 1.59. The summed E-state index contributed by atoms with van der Waals surface area (Å²) in [5.74, 6) is -1.59. The molecule has 1 unspecified atom stereocenters. The molecular weight excluding hydrogens is 531 g/mol. The molecular formula is C31H39O8P. The Kier molecular flexibility index (Phi) is 11.9. The molecule has 0 saturated carbocycles. The fourth-order valence-corrected chi connectivity index (χ4v) is 6.35. The maximum Gasteiger partial charge on any atom is 0.361 e. The minimum atomic E-state index is -3.94. The van der Waals surface area contributed by atoms with Gasteiger partial charge in [0.15, 0.2) is 5.85 Å². The topological polar surface area (TPSA) is 92.7 Å². The van der Waals surface area contributed by atoms with Crippen LogP contribution in [-0.2, 0) is 52.4 Å². The van der Waals surface area contributed by atoms with Gasteiger partial charge in [0.1, 0.15) is 24.4 Å². The van der Waals surface area contributed by atoms with Crippen molar-refractivity contribution in [3.8, 4) is 0 Å². The standard InChI is InChI=1S/C31H39O8P/c1-3-37-40(33,38-4-2)31(32)30-29(36-22-26-18-12-7-13-19-26)28(35-21-25-16-10-6-11-17-25)27(39-30)23-34-20-24-14-8-5-9-15-24/h5-19,27-32H,3-4,20-23H2,1-2H3/t27-,28-,29+,30-,31?/m1/s1. The molecule has 0 aliphatic carbocycles. The molecule has 0 aromatic heterocycles. The molecule has 1 aliphatic heterocycles. The van der Waals surface area contributed by atoms with E-state index in [1.54, 1.807) is 13.8 Å². The number of aliphatic hydroxyl groups is 1. The van der Waals surface area contributed by atoms with Gasteiger partial charge < -0.3 is 33.1 Å². The highest BCUT2D eigenvalue weighted by molar-refractivity contribution is 7.54. The predicted molar refractivity (Wildman–Crippen MR) is 152 cm³/mol. The second-order valence-electron chi connectivity index (χ2n) is 9.45. The van der Waals surface area contributed by atoms with E-state index in [1.165, 1.54) is 0 Å². The normalized spacial score (nSPS) is 21.9. The van der Waals surface area contributed by atoms with Crippen molar-refractivity contribution in [1.29, 1.82) is 0 Å². The van der Waals surface area contributed by atoms with Crippen LogP contribution in [0.5, 0.6) is 0 Å². The molecule has 216 valence electrons. The summed E-state index contributed by atoms with van der Waals surface area (Å²) in [5, 5.41) is 11.4. The van der Waals surface area contributed by atoms with Crippen molar-refractivity contribution in [2.45, 2.75) is 63.9 Å². The van der Waals surface area contributed by atoms with Gasteiger partial charge in [0.05, 0.1) is 39.6 Å². The van der Waals surface area contributed by atoms with E-state index in [9.17, 15) is 9.67 Å². The number of benzene rings is 3. The summed E-state index contributed by atoms with van der Waals surface area (Å²) in [6.07, 6.45) is -3.06. The fraction of sp³-hybridized carbons (Fsp3) is 0.419. The Morgan fingerprint density at radius 1 is 0.725 bits per heavy atom. The van der Waals surface area contributed by atoms with E-state index < -0.39 is 37.9 Å². The van der Waals surface area contributed by atoms with Gasteiger partial charge in [0.2, 0.25) is 0 Å². The Hall–Kier alpha value is -2.39. The van der Waals surface area contributed by atoms with Gasteiger partial charge in [-0.25, -0.2) is 0 Å². The summed E-state index contributed by atoms with van der Waals surface area (Å²) >= 11 is 0. The van der Waals surface area contributed by atoms with Crippen molar-refractivity contribution in [1.82, 2.24) is 0 Å². The summed E-state index contributed by atoms with van der Waals surface area (Å²) in [5.41, 5.74) is 2.94. The lowest BCUT2D eigenvalue weighted by atomic mass is 10.1. The van der Waals surface area contributed by atoms with Crippen molar-refractivity contribution in [2.24, 2.45) is 0 Å². The van der Waals surface area contributed by atoms with Gasteiger partial charge in [-0.15, -0.1) is 0 Å². The first-order chi connectivity index (χ1) is 19.5. The molecule has 1 aliphatic rings. The highest BCUT2D eigenvalue weighted by atomic mass is 31.2. The fourth-order valence-electron chi connectivity index (χ4n) is 4.65. The molecule has 1 saturated heterocycles. The van der Waals surface area contributed by atoms with Gasteiger partial charge in [-0.05, 0) is 30.5 Å². The van der Waals surface area contributed by atoms with Crippen LogP contribution in [0.3, 0.4) is 0 Å². The number of aliphatic hydroxyl groups excluding tert-OH is 1. The average molecular weight is 571 g/mol. The lowest BCUT2D eigenvalue weighted by Crippen LogP contribution is -2.43. The van der Waals surface area contributed by atoms with Crippen LogP contribution in [0.2, 0.25) is 0 Å². The molecule has 40 heavy (non-hydrogen) atoms. The first-order valence-corrected chi connectivity index (χ1v) is 15.3. The van der Waals surface area contributed by atoms with Crippen molar-refractivity contribution in [3.63, 3.8) is 0 Å². The predicted octanol–water partition coefficient (Wildman–Crippen LogP) is 5.73. The van der Waals surface area contributed by atoms with Crippen molar-refractivity contribution >= 4 is 7.60 Å². The monoisotopic (exact) mass is 570 g/mol. The first kappa shape index (κ1) is 30.6. The van der Waals surface area contributed by atoms with Crippen LogP contribution in [0.15, 0.2) is 91.0 Å². The Labute approximate surface area is 236 Å². The summed E-state index contributed by atoms with van der Waals surface area (Å²) in [6, 6.07) is 29.3. The zero-order chi connectivity index (χ0) is 28.2. The van der Waals surface area contributed by atoms with Crippen LogP contribution in [0.1, 0.15) is 30.5 Å². The minimum Gasteiger partial charge on any atom is -0.378 e. The molecule has 0 spiro atoms. The second-order valence-corrected chi connectivity index (χ2v) is 11.6. The van der Waals surface area contributed by atoms with Crippen LogP contribution >= 0.6 is 7.60 Å². The van der Waals surface area contributed by atoms with E-state index in [1.807, 2.05) is 91.0 Å². The van der Waals surface area contributed by atoms with E-state index >= 15 is 0 Å². The number of hydrogen-bond donors (Lipinski definition) is 1. The van der Waals surface area contributed by atoms with Crippen LogP contribution < -0.4 is 0 Å². The third-order valence-electron chi connectivity index (χ3n) is 6.55. The Bertz CT molecular complexity index is 1150. The minimum absolute atomic E-state index is 0.105. The third-order valence-corrected chi connectivity index (χ3v) is 8.72. The maximum absolute atomic E-state index is 13.6. The molecule has 1 heterocycles. The highest BCUT2D eigenvalue weighted by Gasteiger charge is 2.54. The van der Waals surface area contributed by atoms with Gasteiger partial charge in [-0.3, -0.25) is 4.57 Å². The average Bonchev–Trinajstić information content (AvgIpc) is 3.33. The SMILES string of the molecule is CCOP(=O)(OCC)C(O)[C@@H]1O[C@H](COCc2ccccc2)[C@@H](OCc2ccccc2)[C@@H]1OCc1ccccc1. The molecule has 0 bridgehead atoms. The second kappa shape index (κ2) is 15.6. The smallest absolute Gasteiger partial charge is 0.361 e. The Morgan fingerprint density at radius 3 is 1.65 bits per heavy atom. The largest absolute Gasteiger partial charge is 0.378 e. The van der Waals surface area contributed by atoms with E-state index in [0.29, 0.717) is 13.2 Å². The van der Waals surface area contributed by atoms with Gasteiger partial charge in [-0.2, -0.15) is 0 Å². The number of rotatable bonds is 16. The lowest BCUT2D eigenvalue weighted by Gasteiger charge is -2.30. The van der Waals surface area contributed by atoms with E-state index in [0.717, 1.165) is 16.7 Å². The van der Waals surface area contributed by atoms with Gasteiger partial charge >= 0.3 is 7.60 Å². The summed E-state index contributed by atoms with van der Waals surface area (Å²) < 4.78 is 49.7. The van der Waals surface area contributed by atoms with Crippen LogP contribution in [-0.4, -0.2) is 55.2 Å². The highest BCUT2D eigenvalue weighted by Crippen LogP contribution is 2.55. The molecule has 9 heteroatoms. The molecule has 3 aromatic carbocycles. The number of hydrogen-bond acceptors (Lipinski definition) is 8. The molecule has 0 radical (unpaired) electrons. The van der Waals surface area contributed by atoms with Gasteiger partial charge in [-0.1, -0.05) is 91.0 Å². The van der Waals surface area contributed by atoms with Crippen LogP contribution in [0, 0.1) is 0 Å². The molecule has 1 fully saturated rings. The molecule has 8 nitrogen and oxygen atoms in total. The third kappa shape index (κ3) is 8.32. The van der Waals surface area contributed by atoms with Crippen molar-refractivity contribution in [3.05, 3.63) is 108 Å². The summed E-state index contributed by atoms with van der Waals surface area (Å²) in [6.45, 7) is 4.71. The van der Waals surface area contributed by atoms with Crippen molar-refractivity contribution in [2.75, 3.05) is 19.8 Å². The van der Waals surface area contributed by atoms with Gasteiger partial charge in [0.25, 0.3) is 0 Å². The molecule has 1 N–H and O–H groups in total. The van der Waals surface area contributed by atoms with E-state index in [-0.39, 0.29) is 26.4 Å². The maximum atomic E-state index is 13.6. The van der Waals surface area contributed by atoms with Crippen LogP contribution in [0.25, 0.3) is 0 Å². The molecule has 4 rings (SSSR count). The molecule has 5 atom stereocenters. The van der Waals surface area contributed by atoms with E-state index in [4.69, 9.17) is 28.0 Å². The first-order valence-electron chi connectivity index (χ1n) is 13.7. The molecule has 3 aromatic rings. The summed E-state index contributed by atoms with van der Waals surface area (Å²) in [4.78, 5) is 0. The molecule has 0 amide bonds. The zero-order valence-electron chi connectivity index (χ0n) is 23.0.